The van der Waals surface area contributed by atoms with E-state index in [1.807, 2.05) is 38.1 Å². The van der Waals surface area contributed by atoms with Crippen molar-refractivity contribution in [2.24, 2.45) is 0 Å². The fraction of sp³-hybridized carbons (Fsp3) is 0.214. The molecule has 0 saturated heterocycles. The highest BCUT2D eigenvalue weighted by atomic mass is 35.5. The molecule has 0 radical (unpaired) electrons. The normalized spacial score (nSPS) is 13.9. The Hall–Kier alpha value is -8.66. The number of nitrogens with zero attached hydrogens (tertiary/aromatic N) is 8. The number of hydrogen-bond donors (Lipinski definition) is 4. The van der Waals surface area contributed by atoms with Crippen LogP contribution in [0.5, 0.6) is 0 Å². The Morgan fingerprint density at radius 1 is 0.406 bits per heavy atom. The van der Waals surface area contributed by atoms with Gasteiger partial charge >= 0.3 is 17.9 Å². The van der Waals surface area contributed by atoms with Gasteiger partial charge in [0.05, 0.1) is 24.6 Å². The Bertz CT molecular complexity index is 4480. The third kappa shape index (κ3) is 18.1. The Kier molecular flexibility index (Phi) is 22.4. The maximum absolute atomic E-state index is 14.6. The van der Waals surface area contributed by atoms with Crippen LogP contribution in [0, 0.1) is 25.5 Å². The molecule has 4 aromatic heterocycles. The molecule has 0 aliphatic heterocycles. The number of aliphatic carboxylic acids is 1. The average Bonchev–Trinajstić information content (AvgIpc) is 1.63. The number of carbonyl (C=O) groups excluding carboxylic acids is 2. The molecule has 492 valence electrons. The molecule has 3 aliphatic rings. The fourth-order valence-electron chi connectivity index (χ4n) is 9.55. The summed E-state index contributed by atoms with van der Waals surface area (Å²) in [6.07, 6.45) is 3.75. The van der Waals surface area contributed by atoms with E-state index in [0.717, 1.165) is 27.8 Å². The standard InChI is InChI=1S/C23H21ClFN3O2.C21H17ClFN3O2.C16H15Cl2N3O2.C10H5Cl3N2/c1-3-30-22(29)23(10-11-23)28-20-13-19(17-12-14(2)4-9-18(17)25)26-21(27-20)15-5-7-16(24)8-6-15;1-12-2-7-16(23)15(10-12)17-11-18(26-21(8-9-21)20(27)28)25-19(24-17)13-3-5-14(22)6-4-13;1-2-23-15(22)16(7-8-16)21-13-9-12(18)19-14(20-13)10-3-5-11(17)6-4-10;11-7-3-1-6(2-4-7)10-14-8(12)5-9(13)15-10/h4-9,12-13H,3,10-11H2,1-2H3,(H,26,27,28);2-7,10-11H,8-9H2,1H3,(H,27,28)(H,24,25,26);3-6,9H,2,7-8H2,1H3,(H,19,20,21);1-5H. The number of benzene rings is 6. The Labute approximate surface area is 586 Å². The van der Waals surface area contributed by atoms with Crippen LogP contribution < -0.4 is 16.0 Å². The number of carboxylic acids is 1. The van der Waals surface area contributed by atoms with Gasteiger partial charge in [0, 0.05) is 77.7 Å². The number of aryl methyl sites for hydroxylation is 2. The molecule has 17 nitrogen and oxygen atoms in total. The van der Waals surface area contributed by atoms with Crippen molar-refractivity contribution in [2.75, 3.05) is 29.2 Å². The van der Waals surface area contributed by atoms with E-state index in [1.165, 1.54) is 18.2 Å². The number of carboxylic acid groups (broad SMARTS) is 1. The molecule has 3 saturated carbocycles. The van der Waals surface area contributed by atoms with Gasteiger partial charge in [0.15, 0.2) is 23.3 Å². The molecular weight excluding hydrogens is 1380 g/mol. The second-order valence-corrected chi connectivity index (χ2v) is 25.4. The van der Waals surface area contributed by atoms with E-state index in [-0.39, 0.29) is 17.8 Å². The summed E-state index contributed by atoms with van der Waals surface area (Å²) in [6, 6.07) is 44.3. The van der Waals surface area contributed by atoms with Crippen LogP contribution in [0.25, 0.3) is 68.1 Å². The maximum atomic E-state index is 14.6. The van der Waals surface area contributed by atoms with Crippen LogP contribution in [-0.4, -0.2) is 92.7 Å². The smallest absolute Gasteiger partial charge is 0.331 e. The lowest BCUT2D eigenvalue weighted by molar-refractivity contribution is -0.146. The van der Waals surface area contributed by atoms with Crippen molar-refractivity contribution < 1.29 is 37.7 Å². The number of rotatable bonds is 17. The van der Waals surface area contributed by atoms with Gasteiger partial charge in [0.2, 0.25) is 0 Å². The maximum Gasteiger partial charge on any atom is 0.331 e. The molecule has 6 aromatic carbocycles. The molecule has 0 atom stereocenters. The van der Waals surface area contributed by atoms with E-state index in [4.69, 9.17) is 90.7 Å². The van der Waals surface area contributed by atoms with E-state index < -0.39 is 28.4 Å². The quantitative estimate of drug-likeness (QED) is 0.0491. The Balaban J connectivity index is 0.000000143. The third-order valence-electron chi connectivity index (χ3n) is 15.1. The first-order chi connectivity index (χ1) is 45.9. The first kappa shape index (κ1) is 70.1. The summed E-state index contributed by atoms with van der Waals surface area (Å²) in [7, 11) is 0. The van der Waals surface area contributed by atoms with Crippen LogP contribution in [0.4, 0.5) is 26.2 Å². The summed E-state index contributed by atoms with van der Waals surface area (Å²) in [4.78, 5) is 70.9. The van der Waals surface area contributed by atoms with Crippen molar-refractivity contribution >= 4 is 117 Å². The molecule has 3 aliphatic carbocycles. The SMILES string of the molecule is CCOC(=O)C1(Nc2cc(-c3cc(C)ccc3F)nc(-c3ccc(Cl)cc3)n2)CC1.CCOC(=O)C1(Nc2cc(Cl)nc(-c3ccc(Cl)cc3)n2)CC1.Cc1ccc(F)c(-c2cc(NC3(C(=O)O)CC3)nc(-c3ccc(Cl)cc3)n2)c1.Clc1ccc(-c2nc(Cl)cc(Cl)n2)cc1. The number of aromatic nitrogens is 8. The number of hydrogen-bond acceptors (Lipinski definition) is 16. The highest BCUT2D eigenvalue weighted by Gasteiger charge is 2.53. The molecule has 26 heteroatoms. The summed E-state index contributed by atoms with van der Waals surface area (Å²) < 4.78 is 39.3. The van der Waals surface area contributed by atoms with Crippen LogP contribution in [0.1, 0.15) is 63.5 Å². The van der Waals surface area contributed by atoms with Gasteiger partial charge in [-0.3, -0.25) is 0 Å². The highest BCUT2D eigenvalue weighted by molar-refractivity contribution is 6.33. The number of esters is 2. The Morgan fingerprint density at radius 2 is 0.698 bits per heavy atom. The molecule has 96 heavy (non-hydrogen) atoms. The van der Waals surface area contributed by atoms with Crippen molar-refractivity contribution in [2.45, 2.75) is 82.8 Å². The van der Waals surface area contributed by atoms with Crippen LogP contribution in [0.3, 0.4) is 0 Å². The van der Waals surface area contributed by atoms with Crippen LogP contribution in [-0.2, 0) is 23.9 Å². The van der Waals surface area contributed by atoms with Gasteiger partial charge in [-0.05, 0) is 188 Å². The Morgan fingerprint density at radius 3 is 1.01 bits per heavy atom. The minimum absolute atomic E-state index is 0.261. The first-order valence-electron chi connectivity index (χ1n) is 30.0. The van der Waals surface area contributed by atoms with E-state index in [0.29, 0.717) is 156 Å². The molecule has 4 N–H and O–H groups in total. The summed E-state index contributed by atoms with van der Waals surface area (Å²) in [6.45, 7) is 7.98. The lowest BCUT2D eigenvalue weighted by atomic mass is 10.1. The molecule has 0 bridgehead atoms. The van der Waals surface area contributed by atoms with Gasteiger partial charge in [0.1, 0.15) is 61.2 Å². The molecule has 0 unspecified atom stereocenters. The van der Waals surface area contributed by atoms with E-state index in [1.54, 1.807) is 129 Å². The second kappa shape index (κ2) is 30.6. The van der Waals surface area contributed by atoms with Crippen LogP contribution in [0.15, 0.2) is 158 Å². The first-order valence-corrected chi connectivity index (χ1v) is 32.6. The van der Waals surface area contributed by atoms with Gasteiger partial charge in [0.25, 0.3) is 0 Å². The van der Waals surface area contributed by atoms with E-state index >= 15 is 0 Å². The second-order valence-electron chi connectivity index (χ2n) is 22.5. The summed E-state index contributed by atoms with van der Waals surface area (Å²) in [5.74, 6) is 0.736. The van der Waals surface area contributed by atoms with E-state index in [2.05, 4.69) is 55.8 Å². The number of halogens is 9. The largest absolute Gasteiger partial charge is 0.480 e. The average molecular weight is 1440 g/mol. The van der Waals surface area contributed by atoms with Gasteiger partial charge in [-0.15, -0.1) is 0 Å². The number of ether oxygens (including phenoxy) is 2. The van der Waals surface area contributed by atoms with Crippen molar-refractivity contribution in [1.82, 2.24) is 39.9 Å². The summed E-state index contributed by atoms with van der Waals surface area (Å²) in [5, 5.41) is 22.2. The van der Waals surface area contributed by atoms with Gasteiger partial charge in [-0.1, -0.05) is 104 Å². The van der Waals surface area contributed by atoms with Crippen molar-refractivity contribution in [3.63, 3.8) is 0 Å². The van der Waals surface area contributed by atoms with Gasteiger partial charge in [-0.2, -0.15) is 0 Å². The number of carbonyl (C=O) groups is 3. The summed E-state index contributed by atoms with van der Waals surface area (Å²) >= 11 is 41.2. The molecule has 0 spiro atoms. The minimum Gasteiger partial charge on any atom is -0.480 e. The molecular formula is C70H58Cl7F2N11O6. The molecule has 10 aromatic rings. The third-order valence-corrected chi connectivity index (χ3v) is 16.7. The zero-order valence-electron chi connectivity index (χ0n) is 51.6. The predicted molar refractivity (Wildman–Crippen MR) is 373 cm³/mol. The van der Waals surface area contributed by atoms with Gasteiger partial charge in [-0.25, -0.2) is 63.0 Å². The predicted octanol–water partition coefficient (Wildman–Crippen LogP) is 18.4. The lowest BCUT2D eigenvalue weighted by Crippen LogP contribution is -2.34. The number of anilines is 3. The fourth-order valence-corrected chi connectivity index (χ4v) is 10.7. The lowest BCUT2D eigenvalue weighted by Gasteiger charge is -2.18. The van der Waals surface area contributed by atoms with Crippen LogP contribution >= 0.6 is 81.2 Å². The van der Waals surface area contributed by atoms with Crippen LogP contribution in [0.2, 0.25) is 35.5 Å². The van der Waals surface area contributed by atoms with Gasteiger partial charge < -0.3 is 30.5 Å². The van der Waals surface area contributed by atoms with E-state index in [9.17, 15) is 28.3 Å². The molecule has 3 fully saturated rings. The van der Waals surface area contributed by atoms with Crippen molar-refractivity contribution in [1.29, 1.82) is 0 Å². The summed E-state index contributed by atoms with van der Waals surface area (Å²) in [5.41, 5.74) is 3.87. The zero-order valence-corrected chi connectivity index (χ0v) is 56.9. The molecule has 4 heterocycles. The monoisotopic (exact) mass is 1430 g/mol. The minimum atomic E-state index is -1.02. The highest BCUT2D eigenvalue weighted by Crippen LogP contribution is 2.43. The topological polar surface area (TPSA) is 229 Å². The van der Waals surface area contributed by atoms with Crippen molar-refractivity contribution in [3.05, 3.63) is 216 Å². The van der Waals surface area contributed by atoms with Crippen molar-refractivity contribution in [3.8, 4) is 68.1 Å². The molecule has 13 rings (SSSR count). The number of nitrogens with one attached hydrogen (secondary N) is 3. The zero-order chi connectivity index (χ0) is 68.5. The molecule has 0 amide bonds.